The Bertz CT molecular complexity index is 434. The summed E-state index contributed by atoms with van der Waals surface area (Å²) >= 11 is 0. The van der Waals surface area contributed by atoms with Gasteiger partial charge in [-0.05, 0) is 37.2 Å². The fraction of sp³-hybridized carbons (Fsp3) is 0.571. The summed E-state index contributed by atoms with van der Waals surface area (Å²) in [4.78, 5) is 0. The third-order valence-corrected chi connectivity index (χ3v) is 3.79. The lowest BCUT2D eigenvalue weighted by molar-refractivity contribution is 0.232. The molecule has 0 saturated heterocycles. The van der Waals surface area contributed by atoms with Gasteiger partial charge in [0.05, 0.1) is 11.4 Å². The zero-order valence-corrected chi connectivity index (χ0v) is 10.9. The standard InChI is InChI=1S/C14H20F2N2/c1-14(2)5-3-10(4-6-14)18-12-8-9(15)7-11(16)13(12)17/h7-8,10,18H,3-6,17H2,1-2H3. The molecular formula is C14H20F2N2. The quantitative estimate of drug-likeness (QED) is 0.785. The van der Waals surface area contributed by atoms with Crippen molar-refractivity contribution in [2.45, 2.75) is 45.6 Å². The zero-order chi connectivity index (χ0) is 13.3. The van der Waals surface area contributed by atoms with E-state index < -0.39 is 11.6 Å². The smallest absolute Gasteiger partial charge is 0.151 e. The maximum Gasteiger partial charge on any atom is 0.151 e. The number of benzene rings is 1. The largest absolute Gasteiger partial charge is 0.395 e. The molecule has 0 spiro atoms. The maximum absolute atomic E-state index is 13.3. The average molecular weight is 254 g/mol. The van der Waals surface area contributed by atoms with E-state index in [1.807, 2.05) is 0 Å². The SMILES string of the molecule is CC1(C)CCC(Nc2cc(F)cc(F)c2N)CC1. The van der Waals surface area contributed by atoms with Gasteiger partial charge < -0.3 is 11.1 Å². The molecule has 0 heterocycles. The van der Waals surface area contributed by atoms with Gasteiger partial charge in [-0.15, -0.1) is 0 Å². The van der Waals surface area contributed by atoms with Gasteiger partial charge in [-0.2, -0.15) is 0 Å². The monoisotopic (exact) mass is 254 g/mol. The van der Waals surface area contributed by atoms with Crippen molar-refractivity contribution in [3.63, 3.8) is 0 Å². The van der Waals surface area contributed by atoms with Crippen LogP contribution in [-0.2, 0) is 0 Å². The zero-order valence-electron chi connectivity index (χ0n) is 10.9. The topological polar surface area (TPSA) is 38.0 Å². The van der Waals surface area contributed by atoms with Crippen molar-refractivity contribution in [3.8, 4) is 0 Å². The minimum absolute atomic E-state index is 0.00114. The number of hydrogen-bond donors (Lipinski definition) is 2. The highest BCUT2D eigenvalue weighted by Gasteiger charge is 2.27. The number of halogens is 2. The lowest BCUT2D eigenvalue weighted by Gasteiger charge is -2.35. The lowest BCUT2D eigenvalue weighted by atomic mass is 9.75. The second kappa shape index (κ2) is 4.75. The van der Waals surface area contributed by atoms with Crippen molar-refractivity contribution < 1.29 is 8.78 Å². The van der Waals surface area contributed by atoms with E-state index in [9.17, 15) is 8.78 Å². The first-order chi connectivity index (χ1) is 8.37. The summed E-state index contributed by atoms with van der Waals surface area (Å²) in [5.74, 6) is -1.30. The van der Waals surface area contributed by atoms with Gasteiger partial charge in [-0.3, -0.25) is 0 Å². The summed E-state index contributed by atoms with van der Waals surface area (Å²) in [6, 6.07) is 2.32. The summed E-state index contributed by atoms with van der Waals surface area (Å²) in [5, 5.41) is 3.16. The van der Waals surface area contributed by atoms with Crippen LogP contribution >= 0.6 is 0 Å². The Morgan fingerprint density at radius 3 is 2.44 bits per heavy atom. The highest BCUT2D eigenvalue weighted by molar-refractivity contribution is 5.67. The van der Waals surface area contributed by atoms with Crippen molar-refractivity contribution in [1.82, 2.24) is 0 Å². The van der Waals surface area contributed by atoms with Crippen LogP contribution in [0.15, 0.2) is 12.1 Å². The highest BCUT2D eigenvalue weighted by Crippen LogP contribution is 2.36. The van der Waals surface area contributed by atoms with E-state index in [2.05, 4.69) is 19.2 Å². The first kappa shape index (κ1) is 13.1. The van der Waals surface area contributed by atoms with E-state index in [1.165, 1.54) is 6.07 Å². The molecule has 1 aromatic rings. The maximum atomic E-state index is 13.3. The Hall–Kier alpha value is -1.32. The molecular weight excluding hydrogens is 234 g/mol. The molecule has 1 aromatic carbocycles. The van der Waals surface area contributed by atoms with Crippen LogP contribution in [0.1, 0.15) is 39.5 Å². The van der Waals surface area contributed by atoms with Gasteiger partial charge in [-0.1, -0.05) is 13.8 Å². The second-order valence-corrected chi connectivity index (χ2v) is 5.93. The Kier molecular flexibility index (Phi) is 3.46. The molecule has 0 bridgehead atoms. The minimum Gasteiger partial charge on any atom is -0.395 e. The van der Waals surface area contributed by atoms with Gasteiger partial charge in [-0.25, -0.2) is 8.78 Å². The van der Waals surface area contributed by atoms with E-state index in [0.717, 1.165) is 31.7 Å². The lowest BCUT2D eigenvalue weighted by Crippen LogP contribution is -2.30. The number of hydrogen-bond acceptors (Lipinski definition) is 2. The fourth-order valence-electron chi connectivity index (χ4n) is 2.47. The second-order valence-electron chi connectivity index (χ2n) is 5.93. The summed E-state index contributed by atoms with van der Waals surface area (Å²) in [6.45, 7) is 4.50. The summed E-state index contributed by atoms with van der Waals surface area (Å²) in [6.07, 6.45) is 4.24. The van der Waals surface area contributed by atoms with E-state index in [-0.39, 0.29) is 11.7 Å². The number of anilines is 2. The van der Waals surface area contributed by atoms with Crippen molar-refractivity contribution in [2.75, 3.05) is 11.1 Å². The van der Waals surface area contributed by atoms with E-state index in [1.54, 1.807) is 0 Å². The van der Waals surface area contributed by atoms with Crippen LogP contribution < -0.4 is 11.1 Å². The molecule has 2 rings (SSSR count). The Balaban J connectivity index is 2.07. The summed E-state index contributed by atoms with van der Waals surface area (Å²) < 4.78 is 26.5. The average Bonchev–Trinajstić information content (AvgIpc) is 2.28. The molecule has 1 aliphatic carbocycles. The van der Waals surface area contributed by atoms with Crippen LogP contribution in [0.5, 0.6) is 0 Å². The third kappa shape index (κ3) is 2.92. The normalized spacial score (nSPS) is 19.8. The highest BCUT2D eigenvalue weighted by atomic mass is 19.1. The Morgan fingerprint density at radius 1 is 1.22 bits per heavy atom. The Morgan fingerprint density at radius 2 is 1.83 bits per heavy atom. The fourth-order valence-corrected chi connectivity index (χ4v) is 2.47. The predicted molar refractivity (Wildman–Crippen MR) is 70.4 cm³/mol. The first-order valence-corrected chi connectivity index (χ1v) is 6.38. The van der Waals surface area contributed by atoms with Gasteiger partial charge in [0.25, 0.3) is 0 Å². The molecule has 3 N–H and O–H groups in total. The van der Waals surface area contributed by atoms with Crippen LogP contribution in [-0.4, -0.2) is 6.04 Å². The van der Waals surface area contributed by atoms with Crippen LogP contribution in [0.3, 0.4) is 0 Å². The molecule has 2 nitrogen and oxygen atoms in total. The number of nitrogen functional groups attached to an aromatic ring is 1. The van der Waals surface area contributed by atoms with E-state index >= 15 is 0 Å². The van der Waals surface area contributed by atoms with Gasteiger partial charge >= 0.3 is 0 Å². The Labute approximate surface area is 107 Å². The van der Waals surface area contributed by atoms with Crippen LogP contribution in [0, 0.1) is 17.0 Å². The van der Waals surface area contributed by atoms with Gasteiger partial charge in [0.1, 0.15) is 5.82 Å². The number of rotatable bonds is 2. The molecule has 100 valence electrons. The summed E-state index contributed by atoms with van der Waals surface area (Å²) in [7, 11) is 0. The van der Waals surface area contributed by atoms with Crippen molar-refractivity contribution >= 4 is 11.4 Å². The molecule has 1 saturated carbocycles. The van der Waals surface area contributed by atoms with Gasteiger partial charge in [0.15, 0.2) is 5.82 Å². The molecule has 0 aliphatic heterocycles. The number of nitrogens with two attached hydrogens (primary N) is 1. The molecule has 0 atom stereocenters. The summed E-state index contributed by atoms with van der Waals surface area (Å²) in [5.41, 5.74) is 6.36. The van der Waals surface area contributed by atoms with Crippen molar-refractivity contribution in [3.05, 3.63) is 23.8 Å². The van der Waals surface area contributed by atoms with Crippen LogP contribution in [0.2, 0.25) is 0 Å². The van der Waals surface area contributed by atoms with Gasteiger partial charge in [0.2, 0.25) is 0 Å². The predicted octanol–water partition coefficient (Wildman–Crippen LogP) is 3.93. The molecule has 18 heavy (non-hydrogen) atoms. The molecule has 0 radical (unpaired) electrons. The van der Waals surface area contributed by atoms with E-state index in [4.69, 9.17) is 5.73 Å². The molecule has 1 aliphatic rings. The first-order valence-electron chi connectivity index (χ1n) is 6.38. The van der Waals surface area contributed by atoms with Crippen LogP contribution in [0.25, 0.3) is 0 Å². The third-order valence-electron chi connectivity index (χ3n) is 3.79. The van der Waals surface area contributed by atoms with Crippen LogP contribution in [0.4, 0.5) is 20.2 Å². The van der Waals surface area contributed by atoms with E-state index in [0.29, 0.717) is 11.1 Å². The van der Waals surface area contributed by atoms with Crippen molar-refractivity contribution in [2.24, 2.45) is 5.41 Å². The molecule has 0 aromatic heterocycles. The molecule has 0 unspecified atom stereocenters. The van der Waals surface area contributed by atoms with Crippen molar-refractivity contribution in [1.29, 1.82) is 0 Å². The minimum atomic E-state index is -0.700. The molecule has 0 amide bonds. The number of nitrogens with one attached hydrogen (secondary N) is 1. The molecule has 4 heteroatoms. The van der Waals surface area contributed by atoms with Gasteiger partial charge in [0, 0.05) is 12.1 Å². The molecule has 1 fully saturated rings.